The summed E-state index contributed by atoms with van der Waals surface area (Å²) in [6, 6.07) is 12.9. The normalized spacial score (nSPS) is 10.3. The fraction of sp³-hybridized carbons (Fsp3) is 0.200. The molecule has 0 aliphatic rings. The molecule has 0 aliphatic carbocycles. The minimum atomic E-state index is -0.246. The van der Waals surface area contributed by atoms with Crippen LogP contribution in [0.5, 0.6) is 5.75 Å². The molecule has 0 aliphatic heterocycles. The van der Waals surface area contributed by atoms with Crippen molar-refractivity contribution in [2.75, 3.05) is 19.0 Å². The molecule has 0 saturated carbocycles. The van der Waals surface area contributed by atoms with Gasteiger partial charge in [0, 0.05) is 11.0 Å². The maximum absolute atomic E-state index is 13.6. The molecular formula is C15H15BrFNO. The van der Waals surface area contributed by atoms with E-state index in [0.29, 0.717) is 12.2 Å². The lowest BCUT2D eigenvalue weighted by molar-refractivity contribution is 0.414. The van der Waals surface area contributed by atoms with Crippen molar-refractivity contribution in [3.05, 3.63) is 58.3 Å². The second-order valence-corrected chi connectivity index (χ2v) is 5.06. The Morgan fingerprint density at radius 3 is 2.53 bits per heavy atom. The van der Waals surface area contributed by atoms with E-state index in [0.717, 1.165) is 16.6 Å². The number of hydrogen-bond donors (Lipinski definition) is 1. The zero-order chi connectivity index (χ0) is 13.7. The fourth-order valence-electron chi connectivity index (χ4n) is 1.77. The summed E-state index contributed by atoms with van der Waals surface area (Å²) in [6.45, 7) is 0.685. The zero-order valence-electron chi connectivity index (χ0n) is 10.6. The van der Waals surface area contributed by atoms with Gasteiger partial charge in [0.2, 0.25) is 0 Å². The summed E-state index contributed by atoms with van der Waals surface area (Å²) in [6.07, 6.45) is 0.833. The molecule has 0 unspecified atom stereocenters. The van der Waals surface area contributed by atoms with E-state index in [9.17, 15) is 4.39 Å². The van der Waals surface area contributed by atoms with E-state index < -0.39 is 0 Å². The Kier molecular flexibility index (Phi) is 4.80. The predicted octanol–water partition coefficient (Wildman–Crippen LogP) is 4.25. The highest BCUT2D eigenvalue weighted by Gasteiger charge is 2.02. The van der Waals surface area contributed by atoms with Gasteiger partial charge in [0.25, 0.3) is 0 Å². The van der Waals surface area contributed by atoms with Crippen molar-refractivity contribution < 1.29 is 9.13 Å². The van der Waals surface area contributed by atoms with Gasteiger partial charge in [-0.3, -0.25) is 0 Å². The van der Waals surface area contributed by atoms with Crippen LogP contribution in [-0.2, 0) is 6.42 Å². The lowest BCUT2D eigenvalue weighted by Crippen LogP contribution is -2.06. The van der Waals surface area contributed by atoms with E-state index in [4.69, 9.17) is 4.74 Å². The topological polar surface area (TPSA) is 21.3 Å². The first-order chi connectivity index (χ1) is 9.19. The minimum Gasteiger partial charge on any atom is -0.497 e. The summed E-state index contributed by atoms with van der Waals surface area (Å²) in [5.41, 5.74) is 1.71. The predicted molar refractivity (Wildman–Crippen MR) is 79.3 cm³/mol. The SMILES string of the molecule is COc1ccc(CCNc2ccc(Br)cc2F)cc1. The molecule has 0 amide bonds. The van der Waals surface area contributed by atoms with Crippen LogP contribution in [0.4, 0.5) is 10.1 Å². The van der Waals surface area contributed by atoms with Crippen molar-refractivity contribution in [3.8, 4) is 5.75 Å². The summed E-state index contributed by atoms with van der Waals surface area (Å²) in [5.74, 6) is 0.597. The average Bonchev–Trinajstić information content (AvgIpc) is 2.42. The molecule has 0 aromatic heterocycles. The zero-order valence-corrected chi connectivity index (χ0v) is 12.2. The Balaban J connectivity index is 1.88. The minimum absolute atomic E-state index is 0.246. The molecular weight excluding hydrogens is 309 g/mol. The first-order valence-corrected chi connectivity index (χ1v) is 6.80. The Bertz CT molecular complexity index is 542. The van der Waals surface area contributed by atoms with E-state index >= 15 is 0 Å². The van der Waals surface area contributed by atoms with Crippen LogP contribution in [0.1, 0.15) is 5.56 Å². The van der Waals surface area contributed by atoms with Crippen LogP contribution in [0.15, 0.2) is 46.9 Å². The van der Waals surface area contributed by atoms with Crippen LogP contribution in [0.2, 0.25) is 0 Å². The summed E-state index contributed by atoms with van der Waals surface area (Å²) >= 11 is 3.24. The van der Waals surface area contributed by atoms with E-state index in [2.05, 4.69) is 21.2 Å². The van der Waals surface area contributed by atoms with Crippen LogP contribution in [-0.4, -0.2) is 13.7 Å². The van der Waals surface area contributed by atoms with Crippen molar-refractivity contribution in [1.82, 2.24) is 0 Å². The Morgan fingerprint density at radius 1 is 1.16 bits per heavy atom. The van der Waals surface area contributed by atoms with Crippen LogP contribution in [0.25, 0.3) is 0 Å². The van der Waals surface area contributed by atoms with Gasteiger partial charge in [0.1, 0.15) is 11.6 Å². The Labute approximate surface area is 120 Å². The quantitative estimate of drug-likeness (QED) is 0.888. The van der Waals surface area contributed by atoms with E-state index in [1.807, 2.05) is 30.3 Å². The van der Waals surface area contributed by atoms with Crippen molar-refractivity contribution in [2.24, 2.45) is 0 Å². The molecule has 0 fully saturated rings. The Morgan fingerprint density at radius 2 is 1.89 bits per heavy atom. The largest absolute Gasteiger partial charge is 0.497 e. The van der Waals surface area contributed by atoms with Gasteiger partial charge < -0.3 is 10.1 Å². The summed E-state index contributed by atoms with van der Waals surface area (Å²) in [7, 11) is 1.65. The van der Waals surface area contributed by atoms with Gasteiger partial charge in [-0.05, 0) is 42.3 Å². The number of anilines is 1. The number of rotatable bonds is 5. The number of halogens is 2. The molecule has 19 heavy (non-hydrogen) atoms. The molecule has 2 aromatic carbocycles. The van der Waals surface area contributed by atoms with Gasteiger partial charge >= 0.3 is 0 Å². The van der Waals surface area contributed by atoms with E-state index in [-0.39, 0.29) is 5.82 Å². The second kappa shape index (κ2) is 6.57. The monoisotopic (exact) mass is 323 g/mol. The first kappa shape index (κ1) is 13.9. The average molecular weight is 324 g/mol. The van der Waals surface area contributed by atoms with Crippen LogP contribution in [0, 0.1) is 5.82 Å². The number of nitrogens with one attached hydrogen (secondary N) is 1. The van der Waals surface area contributed by atoms with Crippen molar-refractivity contribution in [3.63, 3.8) is 0 Å². The van der Waals surface area contributed by atoms with Crippen LogP contribution < -0.4 is 10.1 Å². The highest BCUT2D eigenvalue weighted by Crippen LogP contribution is 2.19. The number of ether oxygens (including phenoxy) is 1. The molecule has 1 N–H and O–H groups in total. The van der Waals surface area contributed by atoms with Crippen molar-refractivity contribution in [1.29, 1.82) is 0 Å². The van der Waals surface area contributed by atoms with Gasteiger partial charge in [-0.2, -0.15) is 0 Å². The maximum atomic E-state index is 13.6. The number of methoxy groups -OCH3 is 1. The maximum Gasteiger partial charge on any atom is 0.147 e. The molecule has 0 radical (unpaired) electrons. The molecule has 0 saturated heterocycles. The van der Waals surface area contributed by atoms with E-state index in [1.54, 1.807) is 13.2 Å². The fourth-order valence-corrected chi connectivity index (χ4v) is 2.10. The third-order valence-corrected chi connectivity index (χ3v) is 3.31. The van der Waals surface area contributed by atoms with Crippen molar-refractivity contribution in [2.45, 2.75) is 6.42 Å². The van der Waals surface area contributed by atoms with Gasteiger partial charge in [-0.25, -0.2) is 4.39 Å². The molecule has 100 valence electrons. The lowest BCUT2D eigenvalue weighted by atomic mass is 10.1. The molecule has 2 aromatic rings. The lowest BCUT2D eigenvalue weighted by Gasteiger charge is -2.08. The number of benzene rings is 2. The molecule has 2 rings (SSSR count). The van der Waals surface area contributed by atoms with Gasteiger partial charge in [-0.1, -0.05) is 28.1 Å². The highest BCUT2D eigenvalue weighted by atomic mass is 79.9. The molecule has 0 heterocycles. The van der Waals surface area contributed by atoms with E-state index in [1.165, 1.54) is 11.6 Å². The molecule has 0 atom stereocenters. The van der Waals surface area contributed by atoms with Crippen LogP contribution >= 0.6 is 15.9 Å². The molecule has 2 nitrogen and oxygen atoms in total. The van der Waals surface area contributed by atoms with Crippen molar-refractivity contribution >= 4 is 21.6 Å². The number of hydrogen-bond acceptors (Lipinski definition) is 2. The highest BCUT2D eigenvalue weighted by molar-refractivity contribution is 9.10. The van der Waals surface area contributed by atoms with Crippen LogP contribution in [0.3, 0.4) is 0 Å². The van der Waals surface area contributed by atoms with Gasteiger partial charge in [-0.15, -0.1) is 0 Å². The first-order valence-electron chi connectivity index (χ1n) is 6.01. The molecule has 0 spiro atoms. The smallest absolute Gasteiger partial charge is 0.147 e. The summed E-state index contributed by atoms with van der Waals surface area (Å²) in [4.78, 5) is 0. The molecule has 4 heteroatoms. The third-order valence-electron chi connectivity index (χ3n) is 2.82. The Hall–Kier alpha value is -1.55. The van der Waals surface area contributed by atoms with Gasteiger partial charge in [0.05, 0.1) is 12.8 Å². The molecule has 0 bridgehead atoms. The summed E-state index contributed by atoms with van der Waals surface area (Å²) in [5, 5.41) is 3.09. The second-order valence-electron chi connectivity index (χ2n) is 4.15. The third kappa shape index (κ3) is 3.96. The standard InChI is InChI=1S/C15H15BrFNO/c1-19-13-5-2-11(3-6-13)8-9-18-15-7-4-12(16)10-14(15)17/h2-7,10,18H,8-9H2,1H3. The summed E-state index contributed by atoms with van der Waals surface area (Å²) < 4.78 is 19.4. The van der Waals surface area contributed by atoms with Gasteiger partial charge in [0.15, 0.2) is 0 Å².